The van der Waals surface area contributed by atoms with E-state index in [2.05, 4.69) is 10.3 Å². The number of carbonyl (C=O) groups excluding carboxylic acids is 2. The summed E-state index contributed by atoms with van der Waals surface area (Å²) in [5.74, 6) is 1.01. The molecule has 0 saturated carbocycles. The lowest BCUT2D eigenvalue weighted by molar-refractivity contribution is -0.123. The van der Waals surface area contributed by atoms with Crippen LogP contribution in [0.3, 0.4) is 0 Å². The third-order valence-electron chi connectivity index (χ3n) is 5.43. The highest BCUT2D eigenvalue weighted by Crippen LogP contribution is 2.33. The number of nitrogens with two attached hydrogens (primary N) is 1. The number of aliphatic imine (C=N–C) groups is 1. The Morgan fingerprint density at radius 1 is 1.12 bits per heavy atom. The van der Waals surface area contributed by atoms with Crippen LogP contribution in [0.2, 0.25) is 0 Å². The predicted octanol–water partition coefficient (Wildman–Crippen LogP) is 3.58. The summed E-state index contributed by atoms with van der Waals surface area (Å²) in [6, 6.07) is 15.3. The van der Waals surface area contributed by atoms with Gasteiger partial charge in [0.2, 0.25) is 11.8 Å². The van der Waals surface area contributed by atoms with E-state index in [-0.39, 0.29) is 23.9 Å². The van der Waals surface area contributed by atoms with Crippen molar-refractivity contribution >= 4 is 29.1 Å². The number of benzene rings is 2. The number of nitrogens with one attached hydrogen (secondary N) is 1. The maximum Gasteiger partial charge on any atom is 0.240 e. The Balaban J connectivity index is 1.51. The number of rotatable bonds is 9. The van der Waals surface area contributed by atoms with Crippen molar-refractivity contribution in [1.82, 2.24) is 10.2 Å². The van der Waals surface area contributed by atoms with E-state index in [4.69, 9.17) is 10.5 Å². The minimum absolute atomic E-state index is 0.0808. The molecule has 8 nitrogen and oxygen atoms in total. The first kappa shape index (κ1) is 25.1. The van der Waals surface area contributed by atoms with Crippen LogP contribution in [0.1, 0.15) is 45.6 Å². The second-order valence-corrected chi connectivity index (χ2v) is 9.47. The Hall–Kier alpha value is -3.55. The molecule has 8 heteroatoms. The van der Waals surface area contributed by atoms with Crippen LogP contribution >= 0.6 is 0 Å². The van der Waals surface area contributed by atoms with E-state index in [0.29, 0.717) is 25.5 Å². The van der Waals surface area contributed by atoms with Gasteiger partial charge >= 0.3 is 0 Å². The zero-order valence-corrected chi connectivity index (χ0v) is 20.5. The van der Waals surface area contributed by atoms with E-state index < -0.39 is 0 Å². The molecule has 2 amide bonds. The molecule has 0 aliphatic carbocycles. The van der Waals surface area contributed by atoms with Gasteiger partial charge in [0.05, 0.1) is 18.8 Å². The van der Waals surface area contributed by atoms with Gasteiger partial charge in [-0.2, -0.15) is 0 Å². The average molecular weight is 466 g/mol. The number of amides is 2. The minimum atomic E-state index is -0.317. The molecule has 0 radical (unpaired) electrons. The quantitative estimate of drug-likeness (QED) is 0.552. The zero-order chi connectivity index (χ0) is 24.7. The van der Waals surface area contributed by atoms with Gasteiger partial charge in [-0.3, -0.25) is 9.59 Å². The molecule has 1 aliphatic heterocycles. The number of carbonyl (C=O) groups is 2. The molecule has 0 bridgehead atoms. The smallest absolute Gasteiger partial charge is 0.240 e. The number of unbranched alkanes of at least 4 members (excludes halogenated alkanes) is 1. The van der Waals surface area contributed by atoms with E-state index in [1.807, 2.05) is 69.3 Å². The highest BCUT2D eigenvalue weighted by molar-refractivity contribution is 5.92. The summed E-state index contributed by atoms with van der Waals surface area (Å²) in [6.45, 7) is 6.87. The Morgan fingerprint density at radius 2 is 1.85 bits per heavy atom. The standard InChI is InChI=1S/C26H35N5O3/c1-26(2,3)29-23(32)18-31-17-20-21(28-25(31)27)13-10-14-22(20)34-16-9-8-15-24(33)30(4)19-11-6-5-7-12-19/h5-7,10-14H,8-9,15-18H2,1-4H3,(H2,27,28)(H,29,32). The van der Waals surface area contributed by atoms with Gasteiger partial charge in [-0.05, 0) is 57.9 Å². The molecule has 0 spiro atoms. The second kappa shape index (κ2) is 11.0. The van der Waals surface area contributed by atoms with Crippen molar-refractivity contribution in [3.8, 4) is 5.75 Å². The first-order valence-corrected chi connectivity index (χ1v) is 11.6. The number of fused-ring (bicyclic) bond motifs is 1. The zero-order valence-electron chi connectivity index (χ0n) is 20.5. The van der Waals surface area contributed by atoms with Gasteiger partial charge in [0.25, 0.3) is 0 Å². The van der Waals surface area contributed by atoms with E-state index in [9.17, 15) is 9.59 Å². The molecule has 182 valence electrons. The largest absolute Gasteiger partial charge is 0.493 e. The number of para-hydroxylation sites is 1. The molecule has 3 N–H and O–H groups in total. The Bertz CT molecular complexity index is 1030. The van der Waals surface area contributed by atoms with Crippen LogP contribution in [-0.4, -0.2) is 48.4 Å². The number of hydrogen-bond acceptors (Lipinski definition) is 6. The molecule has 2 aromatic rings. The van der Waals surface area contributed by atoms with Crippen LogP contribution in [0.4, 0.5) is 11.4 Å². The highest BCUT2D eigenvalue weighted by atomic mass is 16.5. The molecular formula is C26H35N5O3. The van der Waals surface area contributed by atoms with Gasteiger partial charge in [-0.1, -0.05) is 24.3 Å². The highest BCUT2D eigenvalue weighted by Gasteiger charge is 2.24. The monoisotopic (exact) mass is 465 g/mol. The lowest BCUT2D eigenvalue weighted by Gasteiger charge is -2.30. The van der Waals surface area contributed by atoms with Crippen LogP contribution in [0.25, 0.3) is 0 Å². The molecule has 0 fully saturated rings. The maximum absolute atomic E-state index is 12.4. The van der Waals surface area contributed by atoms with Gasteiger partial charge in [0.15, 0.2) is 5.96 Å². The predicted molar refractivity (Wildman–Crippen MR) is 135 cm³/mol. The second-order valence-electron chi connectivity index (χ2n) is 9.47. The molecule has 0 atom stereocenters. The molecule has 3 rings (SSSR count). The summed E-state index contributed by atoms with van der Waals surface area (Å²) in [7, 11) is 1.80. The Kier molecular flexibility index (Phi) is 8.15. The van der Waals surface area contributed by atoms with Crippen LogP contribution in [0.5, 0.6) is 5.75 Å². The molecule has 34 heavy (non-hydrogen) atoms. The van der Waals surface area contributed by atoms with Crippen molar-refractivity contribution in [3.63, 3.8) is 0 Å². The minimum Gasteiger partial charge on any atom is -0.493 e. The molecule has 0 saturated heterocycles. The fourth-order valence-corrected chi connectivity index (χ4v) is 3.71. The fraction of sp³-hybridized carbons (Fsp3) is 0.423. The van der Waals surface area contributed by atoms with Crippen LogP contribution in [-0.2, 0) is 16.1 Å². The molecular weight excluding hydrogens is 430 g/mol. The lowest BCUT2D eigenvalue weighted by Crippen LogP contribution is -2.49. The SMILES string of the molecule is CN(C(=O)CCCCOc1cccc2c1CN(CC(=O)NC(C)(C)C)C(N)=N2)c1ccccc1. The van der Waals surface area contributed by atoms with E-state index >= 15 is 0 Å². The summed E-state index contributed by atoms with van der Waals surface area (Å²) in [5.41, 5.74) is 8.34. The van der Waals surface area contributed by atoms with Crippen LogP contribution in [0, 0.1) is 0 Å². The first-order chi connectivity index (χ1) is 16.1. The number of guanidine groups is 1. The fourth-order valence-electron chi connectivity index (χ4n) is 3.71. The van der Waals surface area contributed by atoms with Crippen molar-refractivity contribution in [2.24, 2.45) is 10.7 Å². The molecule has 0 aromatic heterocycles. The number of hydrogen-bond donors (Lipinski definition) is 2. The van der Waals surface area contributed by atoms with Crippen molar-refractivity contribution in [3.05, 3.63) is 54.1 Å². The van der Waals surface area contributed by atoms with Crippen molar-refractivity contribution in [2.45, 2.75) is 52.1 Å². The van der Waals surface area contributed by atoms with Gasteiger partial charge < -0.3 is 25.6 Å². The molecule has 1 aliphatic rings. The van der Waals surface area contributed by atoms with Gasteiger partial charge in [0.1, 0.15) is 12.3 Å². The third-order valence-corrected chi connectivity index (χ3v) is 5.43. The maximum atomic E-state index is 12.4. The van der Waals surface area contributed by atoms with E-state index in [0.717, 1.165) is 35.5 Å². The number of nitrogens with zero attached hydrogens (tertiary/aromatic N) is 3. The summed E-state index contributed by atoms with van der Waals surface area (Å²) < 4.78 is 6.04. The number of ether oxygens (including phenoxy) is 1. The van der Waals surface area contributed by atoms with Crippen molar-refractivity contribution < 1.29 is 14.3 Å². The molecule has 1 heterocycles. The van der Waals surface area contributed by atoms with Gasteiger partial charge in [-0.25, -0.2) is 4.99 Å². The molecule has 0 unspecified atom stereocenters. The normalized spacial score (nSPS) is 13.1. The van der Waals surface area contributed by atoms with Gasteiger partial charge in [0, 0.05) is 30.3 Å². The summed E-state index contributed by atoms with van der Waals surface area (Å²) in [4.78, 5) is 32.7. The van der Waals surface area contributed by atoms with E-state index in [1.54, 1.807) is 16.8 Å². The summed E-state index contributed by atoms with van der Waals surface area (Å²) in [5, 5.41) is 2.95. The molecule has 2 aromatic carbocycles. The van der Waals surface area contributed by atoms with Crippen molar-refractivity contribution in [1.29, 1.82) is 0 Å². The summed E-state index contributed by atoms with van der Waals surface area (Å²) in [6.07, 6.45) is 1.94. The lowest BCUT2D eigenvalue weighted by atomic mass is 10.1. The Morgan fingerprint density at radius 3 is 2.56 bits per heavy atom. The summed E-state index contributed by atoms with van der Waals surface area (Å²) >= 11 is 0. The number of anilines is 1. The van der Waals surface area contributed by atoms with Gasteiger partial charge in [-0.15, -0.1) is 0 Å². The third kappa shape index (κ3) is 6.97. The van der Waals surface area contributed by atoms with Crippen molar-refractivity contribution in [2.75, 3.05) is 25.1 Å². The first-order valence-electron chi connectivity index (χ1n) is 11.6. The topological polar surface area (TPSA) is 100 Å². The Labute approximate surface area is 201 Å². The average Bonchev–Trinajstić information content (AvgIpc) is 2.78. The van der Waals surface area contributed by atoms with Crippen LogP contribution < -0.4 is 20.7 Å². The van der Waals surface area contributed by atoms with E-state index in [1.165, 1.54) is 0 Å². The van der Waals surface area contributed by atoms with Crippen LogP contribution in [0.15, 0.2) is 53.5 Å².